The summed E-state index contributed by atoms with van der Waals surface area (Å²) in [5.41, 5.74) is -0.768. The highest BCUT2D eigenvalue weighted by atomic mass is 35.5. The third-order valence-corrected chi connectivity index (χ3v) is 7.63. The number of hydrogen-bond acceptors (Lipinski definition) is 7. The summed E-state index contributed by atoms with van der Waals surface area (Å²) in [5, 5.41) is 20.9. The topological polar surface area (TPSA) is 106 Å². The number of ether oxygens (including phenoxy) is 1. The second-order valence-corrected chi connectivity index (χ2v) is 10.5. The monoisotopic (exact) mass is 530 g/mol. The van der Waals surface area contributed by atoms with Gasteiger partial charge < -0.3 is 29.6 Å². The number of phenolic OH excluding ortho intramolecular Hbond substituents is 1. The van der Waals surface area contributed by atoms with E-state index in [0.717, 1.165) is 0 Å². The number of amides is 2. The van der Waals surface area contributed by atoms with Crippen molar-refractivity contribution in [3.63, 3.8) is 0 Å². The molecule has 0 saturated carbocycles. The highest BCUT2D eigenvalue weighted by Gasteiger charge is 2.45. The van der Waals surface area contributed by atoms with Crippen molar-refractivity contribution in [3.05, 3.63) is 47.3 Å². The number of piperazine rings is 1. The number of nitrogens with zero attached hydrogens (tertiary/aromatic N) is 4. The fourth-order valence-corrected chi connectivity index (χ4v) is 5.75. The Hall–Kier alpha value is -3.37. The van der Waals surface area contributed by atoms with E-state index >= 15 is 0 Å². The lowest BCUT2D eigenvalue weighted by Gasteiger charge is -2.40. The minimum atomic E-state index is -0.739. The second-order valence-electron chi connectivity index (χ2n) is 10.2. The maximum Gasteiger partial charge on any atom is 0.261 e. The molecule has 0 bridgehead atoms. The van der Waals surface area contributed by atoms with Crippen LogP contribution in [0.5, 0.6) is 11.5 Å². The molecule has 3 aliphatic rings. The molecule has 2 fully saturated rings. The van der Waals surface area contributed by atoms with Crippen molar-refractivity contribution in [2.45, 2.75) is 38.0 Å². The number of phenols is 1. The van der Waals surface area contributed by atoms with Crippen LogP contribution in [0.25, 0.3) is 11.3 Å². The van der Waals surface area contributed by atoms with Gasteiger partial charge >= 0.3 is 0 Å². The van der Waals surface area contributed by atoms with Gasteiger partial charge in [-0.25, -0.2) is 9.37 Å². The van der Waals surface area contributed by atoms with Crippen LogP contribution in [0.4, 0.5) is 10.2 Å². The van der Waals surface area contributed by atoms with Crippen LogP contribution in [0.3, 0.4) is 0 Å². The van der Waals surface area contributed by atoms with Crippen molar-refractivity contribution in [1.29, 1.82) is 0 Å². The number of carbonyl (C=O) groups is 2. The molecule has 2 amide bonds. The van der Waals surface area contributed by atoms with Gasteiger partial charge in [0.05, 0.1) is 17.7 Å². The van der Waals surface area contributed by atoms with Crippen LogP contribution >= 0.6 is 11.6 Å². The van der Waals surface area contributed by atoms with E-state index in [2.05, 4.69) is 11.6 Å². The van der Waals surface area contributed by atoms with Gasteiger partial charge in [0.2, 0.25) is 5.91 Å². The zero-order chi connectivity index (χ0) is 26.6. The van der Waals surface area contributed by atoms with E-state index in [9.17, 15) is 24.2 Å². The number of anilines is 1. The van der Waals surface area contributed by atoms with E-state index in [4.69, 9.17) is 16.3 Å². The number of aromatic nitrogens is 1. The van der Waals surface area contributed by atoms with E-state index in [0.29, 0.717) is 13.0 Å². The lowest BCUT2D eigenvalue weighted by molar-refractivity contribution is -0.128. The lowest BCUT2D eigenvalue weighted by Crippen LogP contribution is -2.57. The molecule has 2 saturated heterocycles. The van der Waals surface area contributed by atoms with Crippen molar-refractivity contribution in [2.24, 2.45) is 0 Å². The van der Waals surface area contributed by atoms with Crippen LogP contribution in [-0.4, -0.2) is 87.3 Å². The van der Waals surface area contributed by atoms with E-state index < -0.39 is 23.5 Å². The molecule has 11 heteroatoms. The Morgan fingerprint density at radius 3 is 2.70 bits per heavy atom. The van der Waals surface area contributed by atoms with Gasteiger partial charge in [-0.15, -0.1) is 0 Å². The van der Waals surface area contributed by atoms with Crippen LogP contribution in [0.15, 0.2) is 30.9 Å². The number of hydrogen-bond donors (Lipinski definition) is 2. The van der Waals surface area contributed by atoms with Gasteiger partial charge in [0.25, 0.3) is 5.91 Å². The van der Waals surface area contributed by atoms with E-state index in [1.807, 2.05) is 13.8 Å². The molecule has 0 aliphatic carbocycles. The molecule has 0 radical (unpaired) electrons. The molecule has 1 aromatic carbocycles. The zero-order valence-corrected chi connectivity index (χ0v) is 21.3. The molecule has 37 heavy (non-hydrogen) atoms. The summed E-state index contributed by atoms with van der Waals surface area (Å²) < 4.78 is 21.1. The van der Waals surface area contributed by atoms with Crippen LogP contribution in [0.2, 0.25) is 5.02 Å². The molecule has 196 valence electrons. The first-order valence-corrected chi connectivity index (χ1v) is 12.4. The Kier molecular flexibility index (Phi) is 6.27. The van der Waals surface area contributed by atoms with Gasteiger partial charge in [0, 0.05) is 31.7 Å². The van der Waals surface area contributed by atoms with Gasteiger partial charge in [-0.05, 0) is 38.5 Å². The first kappa shape index (κ1) is 25.3. The number of rotatable bonds is 3. The van der Waals surface area contributed by atoms with Gasteiger partial charge in [0.1, 0.15) is 40.3 Å². The highest BCUT2D eigenvalue weighted by Crippen LogP contribution is 2.48. The fourth-order valence-electron chi connectivity index (χ4n) is 5.47. The molecule has 2 aromatic rings. The van der Waals surface area contributed by atoms with Crippen molar-refractivity contribution in [2.75, 3.05) is 37.7 Å². The molecule has 4 heterocycles. The summed E-state index contributed by atoms with van der Waals surface area (Å²) in [5.74, 6) is -1.50. The number of halogens is 2. The van der Waals surface area contributed by atoms with Gasteiger partial charge in [-0.3, -0.25) is 9.59 Å². The predicted molar refractivity (Wildman–Crippen MR) is 135 cm³/mol. The zero-order valence-electron chi connectivity index (χ0n) is 20.6. The van der Waals surface area contributed by atoms with Crippen molar-refractivity contribution in [1.82, 2.24) is 14.8 Å². The fraction of sp³-hybridized carbons (Fsp3) is 0.423. The SMILES string of the molecule is C=CC(=O)N1CCN2C(=O)c3c(N4C[C@H](O)CC4(C)C)nc(-c4c(O)cccc4F)c(Cl)c3OC[C@H]2C1. The molecule has 0 unspecified atom stereocenters. The molecule has 2 atom stereocenters. The molecular weight excluding hydrogens is 503 g/mol. The third kappa shape index (κ3) is 4.18. The number of benzene rings is 1. The van der Waals surface area contributed by atoms with Crippen LogP contribution in [-0.2, 0) is 4.79 Å². The maximum absolute atomic E-state index is 14.9. The van der Waals surface area contributed by atoms with Crippen molar-refractivity contribution < 1.29 is 28.9 Å². The van der Waals surface area contributed by atoms with Gasteiger partial charge in [-0.1, -0.05) is 24.2 Å². The third-order valence-electron chi connectivity index (χ3n) is 7.28. The predicted octanol–water partition coefficient (Wildman–Crippen LogP) is 2.83. The Bertz CT molecular complexity index is 1280. The Morgan fingerprint density at radius 2 is 2.05 bits per heavy atom. The summed E-state index contributed by atoms with van der Waals surface area (Å²) in [6.07, 6.45) is 0.986. The molecule has 0 spiro atoms. The summed E-state index contributed by atoms with van der Waals surface area (Å²) in [6.45, 7) is 8.44. The highest BCUT2D eigenvalue weighted by molar-refractivity contribution is 6.35. The average Bonchev–Trinajstić information content (AvgIpc) is 3.04. The van der Waals surface area contributed by atoms with E-state index in [1.165, 1.54) is 24.3 Å². The quantitative estimate of drug-likeness (QED) is 0.588. The minimum Gasteiger partial charge on any atom is -0.507 e. The summed E-state index contributed by atoms with van der Waals surface area (Å²) >= 11 is 6.74. The maximum atomic E-state index is 14.9. The Morgan fingerprint density at radius 1 is 1.30 bits per heavy atom. The Balaban J connectivity index is 1.70. The average molecular weight is 531 g/mol. The van der Waals surface area contributed by atoms with Crippen LogP contribution < -0.4 is 9.64 Å². The molecule has 1 aromatic heterocycles. The normalized spacial score (nSPS) is 22.7. The van der Waals surface area contributed by atoms with Crippen molar-refractivity contribution >= 4 is 29.2 Å². The standard InChI is InChI=1S/C26H28ClFN4O5/c1-4-18(35)30-8-9-31-14(11-30)13-37-23-20(25(31)36)24(32-12-15(33)10-26(32,2)3)29-22(21(23)27)19-16(28)6-5-7-17(19)34/h4-7,14-15,33-34H,1,8-13H2,2-3H3/t14-,15-/m1/s1. The molecule has 5 rings (SSSR count). The largest absolute Gasteiger partial charge is 0.507 e. The number of aromatic hydroxyl groups is 1. The number of aliphatic hydroxyl groups excluding tert-OH is 1. The number of β-amino-alcohol motifs (C(OH)–C–C–N with tert-alkyl or cyclic N) is 1. The molecular formula is C26H28ClFN4O5. The second kappa shape index (κ2) is 9.18. The summed E-state index contributed by atoms with van der Waals surface area (Å²) in [4.78, 5) is 35.9. The Labute approximate surface area is 218 Å². The minimum absolute atomic E-state index is 0.0301. The molecule has 2 N–H and O–H groups in total. The smallest absolute Gasteiger partial charge is 0.261 e. The van der Waals surface area contributed by atoms with Crippen LogP contribution in [0, 0.1) is 5.82 Å². The van der Waals surface area contributed by atoms with Crippen molar-refractivity contribution in [3.8, 4) is 22.8 Å². The van der Waals surface area contributed by atoms with Gasteiger partial charge in [-0.2, -0.15) is 0 Å². The molecule has 9 nitrogen and oxygen atoms in total. The first-order chi connectivity index (χ1) is 17.5. The summed E-state index contributed by atoms with van der Waals surface area (Å²) in [7, 11) is 0. The van der Waals surface area contributed by atoms with E-state index in [-0.39, 0.29) is 77.2 Å². The number of aliphatic hydroxyl groups is 1. The number of fused-ring (bicyclic) bond motifs is 2. The summed E-state index contributed by atoms with van der Waals surface area (Å²) in [6, 6.07) is 3.41. The number of carbonyl (C=O) groups excluding carboxylic acids is 2. The van der Waals surface area contributed by atoms with Crippen LogP contribution in [0.1, 0.15) is 30.6 Å². The number of pyridine rings is 1. The van der Waals surface area contributed by atoms with E-state index in [1.54, 1.807) is 14.7 Å². The molecule has 3 aliphatic heterocycles. The van der Waals surface area contributed by atoms with Gasteiger partial charge in [0.15, 0.2) is 5.75 Å². The first-order valence-electron chi connectivity index (χ1n) is 12.1. The lowest BCUT2D eigenvalue weighted by atomic mass is 10.00.